The lowest BCUT2D eigenvalue weighted by Crippen LogP contribution is -1.03. The van der Waals surface area contributed by atoms with Crippen LogP contribution < -0.4 is 0 Å². The van der Waals surface area contributed by atoms with Crippen molar-refractivity contribution in [1.82, 2.24) is 0 Å². The Labute approximate surface area is 81.5 Å². The van der Waals surface area contributed by atoms with Crippen molar-refractivity contribution in [2.45, 2.75) is 0 Å². The summed E-state index contributed by atoms with van der Waals surface area (Å²) in [5.41, 5.74) is 0. The van der Waals surface area contributed by atoms with Crippen LogP contribution in [0.3, 0.4) is 0 Å². The van der Waals surface area contributed by atoms with Gasteiger partial charge in [-0.1, -0.05) is 0 Å². The molecule has 0 aliphatic heterocycles. The third kappa shape index (κ3) is 9410. The predicted octanol–water partition coefficient (Wildman–Crippen LogP) is 2.16. The molecule has 0 aliphatic carbocycles. The highest BCUT2D eigenvalue weighted by Crippen LogP contribution is 1.66. The molecule has 0 aromatic carbocycles. The molecule has 0 aromatic heterocycles. The molecular formula is C4H11O6P3. The van der Waals surface area contributed by atoms with E-state index in [-0.39, 0.29) is 0 Å². The molecule has 0 heterocycles. The van der Waals surface area contributed by atoms with Gasteiger partial charge in [-0.3, -0.25) is 0 Å². The van der Waals surface area contributed by atoms with Crippen LogP contribution in [0.1, 0.15) is 0 Å². The van der Waals surface area contributed by atoms with E-state index in [0.29, 0.717) is 0 Å². The van der Waals surface area contributed by atoms with Crippen molar-refractivity contribution in [3.63, 3.8) is 0 Å². The molecule has 0 saturated heterocycles. The molecule has 0 saturated carbocycles. The third-order valence-corrected chi connectivity index (χ3v) is 0. The molecule has 78 valence electrons. The number of rotatable bonds is 0. The molecule has 0 unspecified atom stereocenters. The molecule has 6 nitrogen and oxygen atoms in total. The Kier molecular flexibility index (Phi) is 423. The Morgan fingerprint density at radius 3 is 0.615 bits per heavy atom. The molecule has 0 radical (unpaired) electrons. The van der Waals surface area contributed by atoms with Gasteiger partial charge in [0.1, 0.15) is 0 Å². The van der Waals surface area contributed by atoms with Crippen molar-refractivity contribution in [1.29, 1.82) is 0 Å². The first-order valence-electron chi connectivity index (χ1n) is 2.15. The van der Waals surface area contributed by atoms with Gasteiger partial charge in [0.25, 0.3) is 0 Å². The molecule has 13 heavy (non-hydrogen) atoms. The van der Waals surface area contributed by atoms with Crippen LogP contribution in [-0.4, -0.2) is 14.7 Å². The summed E-state index contributed by atoms with van der Waals surface area (Å²) in [6.07, 6.45) is 0. The molecule has 9 heteroatoms. The van der Waals surface area contributed by atoms with Crippen LogP contribution in [0.2, 0.25) is 0 Å². The van der Waals surface area contributed by atoms with Crippen LogP contribution in [0.4, 0.5) is 0 Å². The topological polar surface area (TPSA) is 112 Å². The Morgan fingerprint density at radius 2 is 0.615 bits per heavy atom. The molecule has 0 fully saturated rings. The van der Waals surface area contributed by atoms with Gasteiger partial charge in [0.2, 0.25) is 0 Å². The van der Waals surface area contributed by atoms with E-state index < -0.39 is 26.1 Å². The Balaban J connectivity index is -0.0000000208. The molecule has 0 aliphatic rings. The van der Waals surface area contributed by atoms with Crippen LogP contribution in [0.5, 0.6) is 0 Å². The monoisotopic (exact) mass is 248 g/mol. The Morgan fingerprint density at radius 1 is 0.615 bits per heavy atom. The van der Waals surface area contributed by atoms with Crippen LogP contribution in [0.15, 0.2) is 26.3 Å². The van der Waals surface area contributed by atoms with Crippen molar-refractivity contribution in [3.05, 3.63) is 26.3 Å². The molecule has 0 atom stereocenters. The number of hydrogen-bond acceptors (Lipinski definition) is 3. The van der Waals surface area contributed by atoms with Gasteiger partial charge in [-0.15, -0.1) is 26.3 Å². The second-order valence-corrected chi connectivity index (χ2v) is 0.735. The maximum atomic E-state index is 8.46. The average molecular weight is 248 g/mol. The molecule has 3 N–H and O–H groups in total. The lowest BCUT2D eigenvalue weighted by Gasteiger charge is -1.24. The van der Waals surface area contributed by atoms with Gasteiger partial charge >= 0.3 is 26.1 Å². The van der Waals surface area contributed by atoms with Gasteiger partial charge in [-0.25, -0.2) is 13.7 Å². The van der Waals surface area contributed by atoms with Gasteiger partial charge in [0.15, 0.2) is 0 Å². The third-order valence-electron chi connectivity index (χ3n) is 0. The fraction of sp³-hybridized carbons (Fsp3) is 0. The normalized spacial score (nSPS) is 5.46. The van der Waals surface area contributed by atoms with Gasteiger partial charge < -0.3 is 14.7 Å². The first-order chi connectivity index (χ1) is 6.24. The minimum absolute atomic E-state index is 0.833. The van der Waals surface area contributed by atoms with Gasteiger partial charge in [-0.05, 0) is 0 Å². The molecule has 0 bridgehead atoms. The zero-order valence-electron chi connectivity index (χ0n) is 6.74. The molecule has 0 spiro atoms. The lowest BCUT2D eigenvalue weighted by molar-refractivity contribution is 0.523. The largest absolute Gasteiger partial charge is 0.324 e. The van der Waals surface area contributed by atoms with E-state index in [4.69, 9.17) is 28.4 Å². The second-order valence-electron chi connectivity index (χ2n) is 0.245. The van der Waals surface area contributed by atoms with E-state index in [0.717, 1.165) is 0 Å². The highest BCUT2D eigenvalue weighted by atomic mass is 31.1. The van der Waals surface area contributed by atoms with Crippen LogP contribution >= 0.6 is 26.1 Å². The minimum Gasteiger partial charge on any atom is -0.310 e. The average Bonchev–Trinajstić information content (AvgIpc) is 2.14. The fourth-order valence-corrected chi connectivity index (χ4v) is 0. The van der Waals surface area contributed by atoms with E-state index in [9.17, 15) is 0 Å². The maximum absolute atomic E-state index is 8.46. The minimum atomic E-state index is -0.833. The zero-order valence-corrected chi connectivity index (χ0v) is 9.42. The zero-order chi connectivity index (χ0) is 12.1. The summed E-state index contributed by atoms with van der Waals surface area (Å²) in [6, 6.07) is 0. The molecule has 0 rings (SSSR count). The highest BCUT2D eigenvalue weighted by molar-refractivity contribution is 7.16. The van der Waals surface area contributed by atoms with Crippen molar-refractivity contribution >= 4 is 26.1 Å². The standard InChI is InChI=1S/2C2H4.3HO2P/c2*1-2;3*1-3-2/h2*1-2H2;3*(H,1,2). The fourth-order valence-electron chi connectivity index (χ4n) is 0. The van der Waals surface area contributed by atoms with E-state index in [1.807, 2.05) is 0 Å². The van der Waals surface area contributed by atoms with Gasteiger partial charge in [0, 0.05) is 0 Å². The predicted molar refractivity (Wildman–Crippen MR) is 52.0 cm³/mol. The van der Waals surface area contributed by atoms with Crippen molar-refractivity contribution < 1.29 is 28.4 Å². The Bertz CT molecular complexity index is 73.7. The molecular weight excluding hydrogens is 237 g/mol. The second kappa shape index (κ2) is 187. The molecule has 0 amide bonds. The first-order valence-corrected chi connectivity index (χ1v) is 4.44. The first kappa shape index (κ1) is 29.3. The highest BCUT2D eigenvalue weighted by Gasteiger charge is 1.29. The summed E-state index contributed by atoms with van der Waals surface area (Å²) < 4.78 is 25.4. The lowest BCUT2D eigenvalue weighted by atomic mass is 11.3. The summed E-state index contributed by atoms with van der Waals surface area (Å²) in [5, 5.41) is 0. The maximum Gasteiger partial charge on any atom is 0.324 e. The quantitative estimate of drug-likeness (QED) is 0.447. The summed E-state index contributed by atoms with van der Waals surface area (Å²) in [6.45, 7) is 12.0. The Hall–Kier alpha value is -0.340. The summed E-state index contributed by atoms with van der Waals surface area (Å²) in [4.78, 5) is 21.0. The SMILES string of the molecule is C=C.C=C.O=PO.O=PO.O=PO. The van der Waals surface area contributed by atoms with Gasteiger partial charge in [0.05, 0.1) is 0 Å². The smallest absolute Gasteiger partial charge is 0.310 e. The number of hydrogen-bond donors (Lipinski definition) is 3. The van der Waals surface area contributed by atoms with E-state index in [1.165, 1.54) is 0 Å². The summed E-state index contributed by atoms with van der Waals surface area (Å²) >= 11 is 0. The van der Waals surface area contributed by atoms with E-state index in [2.05, 4.69) is 26.3 Å². The van der Waals surface area contributed by atoms with Crippen molar-refractivity contribution in [2.75, 3.05) is 0 Å². The van der Waals surface area contributed by atoms with Crippen LogP contribution in [0.25, 0.3) is 0 Å². The van der Waals surface area contributed by atoms with Crippen molar-refractivity contribution in [2.24, 2.45) is 0 Å². The van der Waals surface area contributed by atoms with Crippen LogP contribution in [0, 0.1) is 0 Å². The van der Waals surface area contributed by atoms with Gasteiger partial charge in [-0.2, -0.15) is 0 Å². The van der Waals surface area contributed by atoms with Crippen molar-refractivity contribution in [3.8, 4) is 0 Å². The van der Waals surface area contributed by atoms with E-state index in [1.54, 1.807) is 0 Å². The summed E-state index contributed by atoms with van der Waals surface area (Å²) in [5.74, 6) is 0. The summed E-state index contributed by atoms with van der Waals surface area (Å²) in [7, 11) is -2.50. The van der Waals surface area contributed by atoms with Crippen LogP contribution in [-0.2, 0) is 13.7 Å². The van der Waals surface area contributed by atoms with E-state index >= 15 is 0 Å². The molecule has 0 aromatic rings.